The lowest BCUT2D eigenvalue weighted by Gasteiger charge is -2.25. The van der Waals surface area contributed by atoms with Gasteiger partial charge in [0, 0.05) is 25.0 Å². The zero-order valence-electron chi connectivity index (χ0n) is 16.5. The van der Waals surface area contributed by atoms with Gasteiger partial charge in [0.2, 0.25) is 5.95 Å². The second kappa shape index (κ2) is 8.09. The van der Waals surface area contributed by atoms with Crippen LogP contribution in [0.5, 0.6) is 0 Å². The van der Waals surface area contributed by atoms with Gasteiger partial charge in [-0.05, 0) is 31.2 Å². The van der Waals surface area contributed by atoms with Crippen LogP contribution in [0.2, 0.25) is 0 Å². The standard InChI is InChI=1S/C18H15F6N7O/c1-9(13-28-15(25)29-31(13)16-26-4-3-5-27-16)30(2)14(32)10-6-11(17(19,20)21)8-12(7-10)18(22,23)24/h3-9H,1-2H3,(H2,25,29). The molecule has 1 aromatic carbocycles. The average Bonchev–Trinajstić information content (AvgIpc) is 3.12. The molecule has 0 spiro atoms. The minimum Gasteiger partial charge on any atom is -0.366 e. The number of benzene rings is 1. The Morgan fingerprint density at radius 3 is 2.06 bits per heavy atom. The summed E-state index contributed by atoms with van der Waals surface area (Å²) in [6.07, 6.45) is -7.35. The number of hydrogen-bond donors (Lipinski definition) is 1. The molecule has 1 atom stereocenters. The Morgan fingerprint density at radius 2 is 1.56 bits per heavy atom. The molecular weight excluding hydrogens is 444 g/mol. The van der Waals surface area contributed by atoms with Crippen molar-refractivity contribution in [1.29, 1.82) is 0 Å². The number of aromatic nitrogens is 5. The van der Waals surface area contributed by atoms with Crippen LogP contribution in [0.4, 0.5) is 32.3 Å². The molecule has 2 heterocycles. The molecule has 0 aliphatic heterocycles. The Kier molecular flexibility index (Phi) is 5.80. The van der Waals surface area contributed by atoms with Crippen molar-refractivity contribution in [1.82, 2.24) is 29.6 Å². The normalized spacial score (nSPS) is 13.1. The maximum absolute atomic E-state index is 13.1. The second-order valence-electron chi connectivity index (χ2n) is 6.68. The summed E-state index contributed by atoms with van der Waals surface area (Å²) in [6, 6.07) is 1.24. The number of alkyl halides is 6. The van der Waals surface area contributed by atoms with Gasteiger partial charge in [-0.3, -0.25) is 4.79 Å². The number of nitrogens with two attached hydrogens (primary N) is 1. The molecule has 14 heteroatoms. The van der Waals surface area contributed by atoms with Crippen molar-refractivity contribution < 1.29 is 31.1 Å². The Balaban J connectivity index is 2.01. The third-order valence-corrected chi connectivity index (χ3v) is 4.50. The van der Waals surface area contributed by atoms with E-state index in [0.29, 0.717) is 12.1 Å². The molecule has 8 nitrogen and oxygen atoms in total. The fraction of sp³-hybridized carbons (Fsp3) is 0.278. The molecule has 0 radical (unpaired) electrons. The van der Waals surface area contributed by atoms with E-state index in [9.17, 15) is 31.1 Å². The fourth-order valence-corrected chi connectivity index (χ4v) is 2.79. The molecule has 0 bridgehead atoms. The van der Waals surface area contributed by atoms with E-state index in [1.807, 2.05) is 0 Å². The van der Waals surface area contributed by atoms with E-state index < -0.39 is 41.0 Å². The maximum atomic E-state index is 13.1. The maximum Gasteiger partial charge on any atom is 0.416 e. The summed E-state index contributed by atoms with van der Waals surface area (Å²) in [5.74, 6) is -1.19. The summed E-state index contributed by atoms with van der Waals surface area (Å²) in [4.78, 5) is 25.7. The highest BCUT2D eigenvalue weighted by atomic mass is 19.4. The first-order valence-corrected chi connectivity index (χ1v) is 8.85. The molecular formula is C18H15F6N7O. The van der Waals surface area contributed by atoms with Crippen LogP contribution >= 0.6 is 0 Å². The van der Waals surface area contributed by atoms with E-state index in [-0.39, 0.29) is 23.8 Å². The van der Waals surface area contributed by atoms with E-state index in [1.54, 1.807) is 0 Å². The summed E-state index contributed by atoms with van der Waals surface area (Å²) >= 11 is 0. The van der Waals surface area contributed by atoms with Crippen molar-refractivity contribution in [2.45, 2.75) is 25.3 Å². The van der Waals surface area contributed by atoms with Crippen molar-refractivity contribution in [3.05, 3.63) is 59.2 Å². The van der Waals surface area contributed by atoms with Crippen LogP contribution in [0.1, 0.15) is 40.3 Å². The van der Waals surface area contributed by atoms with E-state index in [2.05, 4.69) is 20.1 Å². The minimum atomic E-state index is -5.08. The molecule has 3 rings (SSSR count). The van der Waals surface area contributed by atoms with E-state index >= 15 is 0 Å². The summed E-state index contributed by atoms with van der Waals surface area (Å²) in [7, 11) is 1.20. The summed E-state index contributed by atoms with van der Waals surface area (Å²) in [5, 5.41) is 3.93. The van der Waals surface area contributed by atoms with Crippen molar-refractivity contribution in [3.8, 4) is 5.95 Å². The Hall–Kier alpha value is -3.71. The quantitative estimate of drug-likeness (QED) is 0.599. The number of anilines is 1. The first-order chi connectivity index (χ1) is 14.8. The van der Waals surface area contributed by atoms with Crippen LogP contribution in [-0.2, 0) is 12.4 Å². The molecule has 0 saturated heterocycles. The van der Waals surface area contributed by atoms with Gasteiger partial charge in [-0.1, -0.05) is 0 Å². The van der Waals surface area contributed by atoms with E-state index in [1.165, 1.54) is 32.4 Å². The first kappa shape index (κ1) is 23.0. The molecule has 3 aromatic rings. The molecule has 0 aliphatic rings. The lowest BCUT2D eigenvalue weighted by atomic mass is 10.0. The molecule has 1 amide bonds. The molecule has 2 aromatic heterocycles. The number of hydrogen-bond acceptors (Lipinski definition) is 6. The van der Waals surface area contributed by atoms with Gasteiger partial charge in [-0.2, -0.15) is 36.0 Å². The van der Waals surface area contributed by atoms with Crippen molar-refractivity contribution >= 4 is 11.9 Å². The van der Waals surface area contributed by atoms with Gasteiger partial charge in [0.25, 0.3) is 11.9 Å². The monoisotopic (exact) mass is 459 g/mol. The van der Waals surface area contributed by atoms with Crippen molar-refractivity contribution in [2.75, 3.05) is 12.8 Å². The highest BCUT2D eigenvalue weighted by Crippen LogP contribution is 2.37. The number of halogens is 6. The van der Waals surface area contributed by atoms with E-state index in [0.717, 1.165) is 9.58 Å². The molecule has 32 heavy (non-hydrogen) atoms. The van der Waals surface area contributed by atoms with Crippen LogP contribution in [0, 0.1) is 0 Å². The van der Waals surface area contributed by atoms with Gasteiger partial charge < -0.3 is 10.6 Å². The second-order valence-corrected chi connectivity index (χ2v) is 6.68. The zero-order chi connectivity index (χ0) is 23.8. The predicted molar refractivity (Wildman–Crippen MR) is 98.3 cm³/mol. The van der Waals surface area contributed by atoms with Gasteiger partial charge in [0.1, 0.15) is 0 Å². The van der Waals surface area contributed by atoms with Gasteiger partial charge in [0.05, 0.1) is 17.2 Å². The number of carbonyl (C=O) groups is 1. The van der Waals surface area contributed by atoms with Crippen molar-refractivity contribution in [3.63, 3.8) is 0 Å². The average molecular weight is 459 g/mol. The first-order valence-electron chi connectivity index (χ1n) is 8.85. The molecule has 170 valence electrons. The van der Waals surface area contributed by atoms with Gasteiger partial charge >= 0.3 is 12.4 Å². The third-order valence-electron chi connectivity index (χ3n) is 4.50. The summed E-state index contributed by atoms with van der Waals surface area (Å²) < 4.78 is 79.9. The summed E-state index contributed by atoms with van der Waals surface area (Å²) in [5.41, 5.74) is 1.64. The Labute approximate surface area is 176 Å². The highest BCUT2D eigenvalue weighted by molar-refractivity contribution is 5.94. The predicted octanol–water partition coefficient (Wildman–Crippen LogP) is 3.51. The smallest absolute Gasteiger partial charge is 0.366 e. The van der Waals surface area contributed by atoms with Crippen molar-refractivity contribution in [2.24, 2.45) is 0 Å². The van der Waals surface area contributed by atoms with Crippen LogP contribution in [0.3, 0.4) is 0 Å². The molecule has 0 fully saturated rings. The third kappa shape index (κ3) is 4.63. The van der Waals surface area contributed by atoms with Gasteiger partial charge in [-0.15, -0.1) is 5.10 Å². The minimum absolute atomic E-state index is 0.0487. The van der Waals surface area contributed by atoms with E-state index in [4.69, 9.17) is 5.73 Å². The Morgan fingerprint density at radius 1 is 1.03 bits per heavy atom. The number of nitrogens with zero attached hydrogens (tertiary/aromatic N) is 6. The number of amides is 1. The molecule has 0 saturated carbocycles. The summed E-state index contributed by atoms with van der Waals surface area (Å²) in [6.45, 7) is 1.44. The van der Waals surface area contributed by atoms with Gasteiger partial charge in [-0.25, -0.2) is 9.97 Å². The van der Waals surface area contributed by atoms with Crippen LogP contribution in [0.15, 0.2) is 36.7 Å². The fourth-order valence-electron chi connectivity index (χ4n) is 2.79. The van der Waals surface area contributed by atoms with Crippen LogP contribution < -0.4 is 5.73 Å². The molecule has 0 aliphatic carbocycles. The topological polar surface area (TPSA) is 103 Å². The highest BCUT2D eigenvalue weighted by Gasteiger charge is 2.38. The molecule has 2 N–H and O–H groups in total. The Bertz CT molecular complexity index is 1090. The largest absolute Gasteiger partial charge is 0.416 e. The van der Waals surface area contributed by atoms with Crippen LogP contribution in [-0.4, -0.2) is 42.6 Å². The van der Waals surface area contributed by atoms with Crippen LogP contribution in [0.25, 0.3) is 5.95 Å². The lowest BCUT2D eigenvalue weighted by molar-refractivity contribution is -0.143. The van der Waals surface area contributed by atoms with Gasteiger partial charge in [0.15, 0.2) is 5.82 Å². The SMILES string of the molecule is CC(c1nc(N)nn1-c1ncccn1)N(C)C(=O)c1cc(C(F)(F)F)cc(C(F)(F)F)c1. The molecule has 1 unspecified atom stereocenters. The lowest BCUT2D eigenvalue weighted by Crippen LogP contribution is -2.32. The number of carbonyl (C=O) groups excluding carboxylic acids is 1. The number of rotatable bonds is 4. The zero-order valence-corrected chi connectivity index (χ0v) is 16.5. The number of nitrogen functional groups attached to an aromatic ring is 1.